The van der Waals surface area contributed by atoms with Gasteiger partial charge in [-0.15, -0.1) is 0 Å². The van der Waals surface area contributed by atoms with E-state index in [4.69, 9.17) is 9.05 Å². The molecule has 4 heteroatoms. The van der Waals surface area contributed by atoms with Crippen molar-refractivity contribution in [1.82, 2.24) is 0 Å². The fraction of sp³-hybridized carbons (Fsp3) is 0.350. The van der Waals surface area contributed by atoms with E-state index in [2.05, 4.69) is 167 Å². The molecule has 0 aliphatic carbocycles. The van der Waals surface area contributed by atoms with E-state index in [0.717, 1.165) is 17.1 Å². The molecule has 0 heterocycles. The first kappa shape index (κ1) is 34.0. The van der Waals surface area contributed by atoms with Crippen LogP contribution in [0.3, 0.4) is 0 Å². The molecule has 0 aromatic heterocycles. The highest BCUT2D eigenvalue weighted by atomic mass is 31.1. The van der Waals surface area contributed by atoms with Gasteiger partial charge in [-0.3, -0.25) is 0 Å². The minimum atomic E-state index is 0.00742. The van der Waals surface area contributed by atoms with Crippen LogP contribution < -0.4 is 19.7 Å². The number of rotatable bonds is 8. The predicted molar refractivity (Wildman–Crippen MR) is 197 cm³/mol. The Morgan fingerprint density at radius 2 is 0.955 bits per heavy atom. The summed E-state index contributed by atoms with van der Waals surface area (Å²) in [5.74, 6) is 1.91. The van der Waals surface area contributed by atoms with Crippen molar-refractivity contribution in [1.29, 1.82) is 0 Å². The third-order valence-electron chi connectivity index (χ3n) is 7.63. The molecule has 2 nitrogen and oxygen atoms in total. The van der Waals surface area contributed by atoms with Crippen molar-refractivity contribution in [3.8, 4) is 22.6 Å². The Morgan fingerprint density at radius 3 is 1.39 bits per heavy atom. The summed E-state index contributed by atoms with van der Waals surface area (Å²) in [4.78, 5) is 0. The first-order valence-electron chi connectivity index (χ1n) is 15.5. The van der Waals surface area contributed by atoms with Crippen molar-refractivity contribution < 1.29 is 9.05 Å². The van der Waals surface area contributed by atoms with Gasteiger partial charge in [0.25, 0.3) is 0 Å². The number of hydrogen-bond donors (Lipinski definition) is 0. The van der Waals surface area contributed by atoms with Crippen LogP contribution in [0.1, 0.15) is 98.4 Å². The summed E-state index contributed by atoms with van der Waals surface area (Å²) in [6.07, 6.45) is 2.21. The van der Waals surface area contributed by atoms with E-state index >= 15 is 0 Å². The van der Waals surface area contributed by atoms with Crippen molar-refractivity contribution in [3.63, 3.8) is 0 Å². The van der Waals surface area contributed by atoms with Gasteiger partial charge in [-0.25, -0.2) is 0 Å². The average molecular weight is 625 g/mol. The highest BCUT2D eigenvalue weighted by molar-refractivity contribution is 7.42. The standard InChI is InChI=1S/C40H50O2P2/c1-27(2)24-30-25-31(38(3,4)5)16-22-36(30)41-43-33-18-12-28(13-19-33)29-14-20-34(21-15-29)44-42-37-23-17-32(39(6,7)8)26-35(37)40(9,10)11/h12-26,43-44H,1-11H3. The Hall–Kier alpha value is -2.92. The smallest absolute Gasteiger partial charge is 0.130 e. The predicted octanol–water partition coefficient (Wildman–Crippen LogP) is 11.3. The maximum Gasteiger partial charge on any atom is 0.130 e. The molecule has 2 atom stereocenters. The van der Waals surface area contributed by atoms with Crippen LogP contribution in [0.2, 0.25) is 0 Å². The second kappa shape index (κ2) is 13.6. The zero-order valence-corrected chi connectivity index (χ0v) is 30.5. The minimum Gasteiger partial charge on any atom is -0.472 e. The monoisotopic (exact) mass is 624 g/mol. The second-order valence-electron chi connectivity index (χ2n) is 15.0. The van der Waals surface area contributed by atoms with E-state index in [1.54, 1.807) is 0 Å². The molecule has 0 saturated carbocycles. The Kier molecular flexibility index (Phi) is 10.5. The van der Waals surface area contributed by atoms with Crippen LogP contribution in [0, 0.1) is 0 Å². The summed E-state index contributed by atoms with van der Waals surface area (Å²) < 4.78 is 12.7. The topological polar surface area (TPSA) is 18.5 Å². The molecule has 0 amide bonds. The molecule has 2 unspecified atom stereocenters. The fourth-order valence-electron chi connectivity index (χ4n) is 4.89. The lowest BCUT2D eigenvalue weighted by Crippen LogP contribution is -2.17. The van der Waals surface area contributed by atoms with Gasteiger partial charge in [-0.1, -0.05) is 141 Å². The lowest BCUT2D eigenvalue weighted by molar-refractivity contribution is 0.534. The number of hydrogen-bond acceptors (Lipinski definition) is 2. The summed E-state index contributed by atoms with van der Waals surface area (Å²) >= 11 is 0. The first-order valence-corrected chi connectivity index (χ1v) is 17.3. The number of allylic oxidation sites excluding steroid dienone is 1. The van der Waals surface area contributed by atoms with Crippen molar-refractivity contribution >= 4 is 34.3 Å². The van der Waals surface area contributed by atoms with Crippen molar-refractivity contribution in [3.05, 3.63) is 113 Å². The first-order chi connectivity index (χ1) is 20.5. The van der Waals surface area contributed by atoms with E-state index < -0.39 is 0 Å². The van der Waals surface area contributed by atoms with Crippen molar-refractivity contribution in [2.45, 2.75) is 92.4 Å². The maximum absolute atomic E-state index is 6.41. The molecule has 0 aliphatic heterocycles. The van der Waals surface area contributed by atoms with Crippen molar-refractivity contribution in [2.75, 3.05) is 0 Å². The van der Waals surface area contributed by atoms with Gasteiger partial charge in [0, 0.05) is 21.7 Å². The number of benzene rings is 4. The van der Waals surface area contributed by atoms with E-state index in [0.29, 0.717) is 0 Å². The van der Waals surface area contributed by atoms with Gasteiger partial charge >= 0.3 is 0 Å². The van der Waals surface area contributed by atoms with Gasteiger partial charge in [-0.05, 0) is 70.5 Å². The largest absolute Gasteiger partial charge is 0.472 e. The Morgan fingerprint density at radius 1 is 0.523 bits per heavy atom. The third-order valence-corrected chi connectivity index (χ3v) is 9.42. The molecular weight excluding hydrogens is 574 g/mol. The SMILES string of the molecule is CC(C)=Cc1cc(C(C)(C)C)ccc1OPc1ccc(-c2ccc(POc3ccc(C(C)(C)C)cc3C(C)(C)C)cc2)cc1. The fourth-order valence-corrected chi connectivity index (χ4v) is 6.32. The molecule has 0 radical (unpaired) electrons. The highest BCUT2D eigenvalue weighted by Gasteiger charge is 2.23. The van der Waals surface area contributed by atoms with Crippen LogP contribution in [-0.4, -0.2) is 0 Å². The normalized spacial score (nSPS) is 12.7. The highest BCUT2D eigenvalue weighted by Crippen LogP contribution is 2.38. The summed E-state index contributed by atoms with van der Waals surface area (Å²) in [5, 5.41) is 2.36. The Labute approximate surface area is 270 Å². The van der Waals surface area contributed by atoms with Crippen LogP contribution in [0.4, 0.5) is 0 Å². The lowest BCUT2D eigenvalue weighted by atomic mass is 9.80. The minimum absolute atomic E-state index is 0.00742. The van der Waals surface area contributed by atoms with Crippen LogP contribution in [-0.2, 0) is 16.2 Å². The van der Waals surface area contributed by atoms with Gasteiger partial charge in [0.2, 0.25) is 0 Å². The molecule has 4 rings (SSSR count). The lowest BCUT2D eigenvalue weighted by Gasteiger charge is -2.27. The molecule has 0 aliphatic rings. The zero-order chi connectivity index (χ0) is 32.3. The van der Waals surface area contributed by atoms with Crippen LogP contribution in [0.15, 0.2) is 90.5 Å². The third kappa shape index (κ3) is 9.06. The van der Waals surface area contributed by atoms with Gasteiger partial charge in [0.15, 0.2) is 0 Å². The van der Waals surface area contributed by atoms with E-state index in [1.165, 1.54) is 44.0 Å². The Balaban J connectivity index is 1.41. The summed E-state index contributed by atoms with van der Waals surface area (Å²) in [7, 11) is 0.494. The van der Waals surface area contributed by atoms with Gasteiger partial charge in [0.05, 0.1) is 0 Å². The molecular formula is C40H50O2P2. The van der Waals surface area contributed by atoms with Crippen molar-refractivity contribution in [2.24, 2.45) is 0 Å². The average Bonchev–Trinajstić information content (AvgIpc) is 2.94. The molecule has 0 N–H and O–H groups in total. The molecule has 44 heavy (non-hydrogen) atoms. The van der Waals surface area contributed by atoms with Crippen LogP contribution in [0.25, 0.3) is 17.2 Å². The second-order valence-corrected chi connectivity index (χ2v) is 17.0. The Bertz CT molecular complexity index is 1590. The summed E-state index contributed by atoms with van der Waals surface area (Å²) in [5.41, 5.74) is 8.91. The molecule has 0 spiro atoms. The van der Waals surface area contributed by atoms with E-state index in [1.807, 2.05) is 0 Å². The maximum atomic E-state index is 6.41. The molecule has 0 fully saturated rings. The molecule has 4 aromatic rings. The quantitative estimate of drug-likeness (QED) is 0.182. The van der Waals surface area contributed by atoms with Crippen LogP contribution in [0.5, 0.6) is 11.5 Å². The van der Waals surface area contributed by atoms with E-state index in [-0.39, 0.29) is 33.9 Å². The summed E-state index contributed by atoms with van der Waals surface area (Å²) in [6, 6.07) is 30.7. The zero-order valence-electron chi connectivity index (χ0n) is 28.5. The van der Waals surface area contributed by atoms with Crippen LogP contribution >= 0.6 is 17.6 Å². The molecule has 4 aromatic carbocycles. The van der Waals surface area contributed by atoms with Gasteiger partial charge in [-0.2, -0.15) is 0 Å². The summed E-state index contributed by atoms with van der Waals surface area (Å²) in [6.45, 7) is 24.5. The molecule has 0 bridgehead atoms. The van der Waals surface area contributed by atoms with E-state index in [9.17, 15) is 0 Å². The molecule has 232 valence electrons. The van der Waals surface area contributed by atoms with Gasteiger partial charge in [0.1, 0.15) is 29.1 Å². The molecule has 0 saturated heterocycles. The van der Waals surface area contributed by atoms with Gasteiger partial charge < -0.3 is 9.05 Å².